The first-order valence-corrected chi connectivity index (χ1v) is 6.49. The minimum Gasteiger partial charge on any atom is -0.384 e. The van der Waals surface area contributed by atoms with Crippen molar-refractivity contribution in [2.45, 2.75) is 19.4 Å². The Morgan fingerprint density at radius 3 is 3.06 bits per heavy atom. The fraction of sp³-hybridized carbons (Fsp3) is 0.462. The SMILES string of the molecule is CCC1COCCN1c1ccc(Cl)cc1C(=N)N. The van der Waals surface area contributed by atoms with Crippen LogP contribution in [0, 0.1) is 5.41 Å². The Morgan fingerprint density at radius 1 is 1.61 bits per heavy atom. The molecule has 3 N–H and O–H groups in total. The Balaban J connectivity index is 2.39. The van der Waals surface area contributed by atoms with Crippen LogP contribution in [0.15, 0.2) is 18.2 Å². The third-order valence-corrected chi connectivity index (χ3v) is 3.49. The molecule has 98 valence electrons. The van der Waals surface area contributed by atoms with E-state index in [2.05, 4.69) is 11.8 Å². The fourth-order valence-electron chi connectivity index (χ4n) is 2.28. The second kappa shape index (κ2) is 5.59. The summed E-state index contributed by atoms with van der Waals surface area (Å²) < 4.78 is 5.50. The first-order valence-electron chi connectivity index (χ1n) is 6.11. The van der Waals surface area contributed by atoms with Crippen LogP contribution in [0.3, 0.4) is 0 Å². The molecule has 1 unspecified atom stereocenters. The minimum atomic E-state index is 0.0499. The molecule has 18 heavy (non-hydrogen) atoms. The number of nitrogens with zero attached hydrogens (tertiary/aromatic N) is 1. The molecule has 0 aliphatic carbocycles. The molecule has 0 amide bonds. The topological polar surface area (TPSA) is 62.3 Å². The van der Waals surface area contributed by atoms with Crippen LogP contribution in [-0.4, -0.2) is 31.6 Å². The van der Waals surface area contributed by atoms with E-state index in [1.807, 2.05) is 12.1 Å². The molecule has 1 aromatic rings. The first kappa shape index (κ1) is 13.2. The predicted molar refractivity (Wildman–Crippen MR) is 74.7 cm³/mol. The Bertz CT molecular complexity index is 450. The summed E-state index contributed by atoms with van der Waals surface area (Å²) in [5.41, 5.74) is 7.31. The summed E-state index contributed by atoms with van der Waals surface area (Å²) in [6, 6.07) is 5.86. The molecular formula is C13H18ClN3O. The summed E-state index contributed by atoms with van der Waals surface area (Å²) in [4.78, 5) is 2.26. The summed E-state index contributed by atoms with van der Waals surface area (Å²) in [6.45, 7) is 4.38. The molecule has 0 saturated carbocycles. The number of nitrogens with two attached hydrogens (primary N) is 1. The highest BCUT2D eigenvalue weighted by atomic mass is 35.5. The Kier molecular flexibility index (Phi) is 4.09. The van der Waals surface area contributed by atoms with E-state index < -0.39 is 0 Å². The molecule has 0 spiro atoms. The number of hydrogen-bond acceptors (Lipinski definition) is 3. The van der Waals surface area contributed by atoms with Gasteiger partial charge in [-0.1, -0.05) is 18.5 Å². The standard InChI is InChI=1S/C13H18ClN3O/c1-2-10-8-18-6-5-17(10)12-4-3-9(14)7-11(12)13(15)16/h3-4,7,10H,2,5-6,8H2,1H3,(H3,15,16). The van der Waals surface area contributed by atoms with Gasteiger partial charge < -0.3 is 15.4 Å². The number of nitrogens with one attached hydrogen (secondary N) is 1. The molecule has 1 aromatic carbocycles. The van der Waals surface area contributed by atoms with Gasteiger partial charge in [-0.25, -0.2) is 0 Å². The Hall–Kier alpha value is -1.26. The van der Waals surface area contributed by atoms with Crippen molar-refractivity contribution in [2.75, 3.05) is 24.7 Å². The van der Waals surface area contributed by atoms with Crippen molar-refractivity contribution < 1.29 is 4.74 Å². The second-order valence-electron chi connectivity index (χ2n) is 4.41. The number of rotatable bonds is 3. The normalized spacial score (nSPS) is 19.9. The average Bonchev–Trinajstić information content (AvgIpc) is 2.38. The summed E-state index contributed by atoms with van der Waals surface area (Å²) in [6.07, 6.45) is 1.000. The van der Waals surface area contributed by atoms with Crippen LogP contribution < -0.4 is 10.6 Å². The molecule has 0 aromatic heterocycles. The van der Waals surface area contributed by atoms with Crippen molar-refractivity contribution in [3.63, 3.8) is 0 Å². The second-order valence-corrected chi connectivity index (χ2v) is 4.84. The number of hydrogen-bond donors (Lipinski definition) is 2. The number of benzene rings is 1. The maximum absolute atomic E-state index is 7.68. The molecule has 1 aliphatic rings. The van der Waals surface area contributed by atoms with E-state index in [1.54, 1.807) is 6.07 Å². The zero-order valence-corrected chi connectivity index (χ0v) is 11.2. The molecule has 1 atom stereocenters. The highest BCUT2D eigenvalue weighted by molar-refractivity contribution is 6.31. The maximum atomic E-state index is 7.68. The molecule has 5 heteroatoms. The van der Waals surface area contributed by atoms with E-state index in [0.717, 1.165) is 25.3 Å². The van der Waals surface area contributed by atoms with Gasteiger partial charge in [-0.15, -0.1) is 0 Å². The van der Waals surface area contributed by atoms with Crippen LogP contribution in [0.4, 0.5) is 5.69 Å². The quantitative estimate of drug-likeness (QED) is 0.652. The zero-order chi connectivity index (χ0) is 13.1. The summed E-state index contributed by atoms with van der Waals surface area (Å²) in [5.74, 6) is 0.0499. The number of ether oxygens (including phenoxy) is 1. The Labute approximate surface area is 112 Å². The lowest BCUT2D eigenvalue weighted by molar-refractivity contribution is 0.0930. The average molecular weight is 268 g/mol. The highest BCUT2D eigenvalue weighted by Gasteiger charge is 2.24. The van der Waals surface area contributed by atoms with Crippen LogP contribution in [-0.2, 0) is 4.74 Å². The van der Waals surface area contributed by atoms with E-state index in [9.17, 15) is 0 Å². The largest absolute Gasteiger partial charge is 0.384 e. The molecule has 1 aliphatic heterocycles. The maximum Gasteiger partial charge on any atom is 0.124 e. The van der Waals surface area contributed by atoms with Gasteiger partial charge in [0.25, 0.3) is 0 Å². The van der Waals surface area contributed by atoms with Crippen molar-refractivity contribution in [2.24, 2.45) is 5.73 Å². The van der Waals surface area contributed by atoms with Crippen molar-refractivity contribution in [1.82, 2.24) is 0 Å². The predicted octanol–water partition coefficient (Wildman–Crippen LogP) is 2.24. The number of anilines is 1. The van der Waals surface area contributed by atoms with E-state index in [-0.39, 0.29) is 5.84 Å². The highest BCUT2D eigenvalue weighted by Crippen LogP contribution is 2.27. The summed E-state index contributed by atoms with van der Waals surface area (Å²) in [5, 5.41) is 8.28. The lowest BCUT2D eigenvalue weighted by Crippen LogP contribution is -2.46. The molecule has 0 bridgehead atoms. The molecule has 2 rings (SSSR count). The van der Waals surface area contributed by atoms with Crippen molar-refractivity contribution in [3.05, 3.63) is 28.8 Å². The minimum absolute atomic E-state index is 0.0499. The van der Waals surface area contributed by atoms with Gasteiger partial charge in [0, 0.05) is 22.8 Å². The van der Waals surface area contributed by atoms with E-state index in [1.165, 1.54) is 0 Å². The van der Waals surface area contributed by atoms with Crippen LogP contribution in [0.5, 0.6) is 0 Å². The fourth-order valence-corrected chi connectivity index (χ4v) is 2.46. The van der Waals surface area contributed by atoms with Gasteiger partial charge >= 0.3 is 0 Å². The van der Waals surface area contributed by atoms with Crippen LogP contribution in [0.25, 0.3) is 0 Å². The van der Waals surface area contributed by atoms with Crippen molar-refractivity contribution >= 4 is 23.1 Å². The smallest absolute Gasteiger partial charge is 0.124 e. The van der Waals surface area contributed by atoms with Gasteiger partial charge in [-0.2, -0.15) is 0 Å². The Morgan fingerprint density at radius 2 is 2.39 bits per heavy atom. The lowest BCUT2D eigenvalue weighted by atomic mass is 10.1. The van der Waals surface area contributed by atoms with Crippen molar-refractivity contribution in [3.8, 4) is 0 Å². The molecule has 0 radical (unpaired) electrons. The molecule has 1 heterocycles. The lowest BCUT2D eigenvalue weighted by Gasteiger charge is -2.38. The van der Waals surface area contributed by atoms with Crippen LogP contribution in [0.2, 0.25) is 5.02 Å². The monoisotopic (exact) mass is 267 g/mol. The molecule has 4 nitrogen and oxygen atoms in total. The van der Waals surface area contributed by atoms with E-state index in [4.69, 9.17) is 27.5 Å². The summed E-state index contributed by atoms with van der Waals surface area (Å²) in [7, 11) is 0. The van der Waals surface area contributed by atoms with Crippen LogP contribution >= 0.6 is 11.6 Å². The third-order valence-electron chi connectivity index (χ3n) is 3.26. The van der Waals surface area contributed by atoms with Gasteiger partial charge in [-0.05, 0) is 24.6 Å². The molecule has 1 saturated heterocycles. The van der Waals surface area contributed by atoms with Gasteiger partial charge in [0.2, 0.25) is 0 Å². The molecular weight excluding hydrogens is 250 g/mol. The number of nitrogen functional groups attached to an aromatic ring is 1. The van der Waals surface area contributed by atoms with Gasteiger partial charge in [0.15, 0.2) is 0 Å². The first-order chi connectivity index (χ1) is 8.63. The number of amidine groups is 1. The van der Waals surface area contributed by atoms with Gasteiger partial charge in [0.05, 0.1) is 19.3 Å². The number of halogens is 1. The van der Waals surface area contributed by atoms with Crippen molar-refractivity contribution in [1.29, 1.82) is 5.41 Å². The van der Waals surface area contributed by atoms with Gasteiger partial charge in [-0.3, -0.25) is 5.41 Å². The van der Waals surface area contributed by atoms with Crippen LogP contribution in [0.1, 0.15) is 18.9 Å². The zero-order valence-electron chi connectivity index (χ0n) is 10.4. The van der Waals surface area contributed by atoms with E-state index in [0.29, 0.717) is 23.2 Å². The molecule has 1 fully saturated rings. The third kappa shape index (κ3) is 2.60. The van der Waals surface area contributed by atoms with Gasteiger partial charge in [0.1, 0.15) is 5.84 Å². The van der Waals surface area contributed by atoms with E-state index >= 15 is 0 Å². The summed E-state index contributed by atoms with van der Waals surface area (Å²) >= 11 is 5.97. The number of morpholine rings is 1.